The van der Waals surface area contributed by atoms with Crippen LogP contribution in [-0.2, 0) is 16.5 Å². The topological polar surface area (TPSA) is 89.3 Å². The molecule has 0 spiro atoms. The molecule has 0 aromatic heterocycles. The molecule has 0 saturated carbocycles. The predicted molar refractivity (Wildman–Crippen MR) is 242 cm³/mol. The van der Waals surface area contributed by atoms with Gasteiger partial charge < -0.3 is 19.7 Å². The molecule has 0 aliphatic carbocycles. The van der Waals surface area contributed by atoms with Crippen molar-refractivity contribution in [2.24, 2.45) is 9.98 Å². The van der Waals surface area contributed by atoms with Crippen LogP contribution in [0.4, 0.5) is 11.4 Å². The minimum absolute atomic E-state index is 0. The summed E-state index contributed by atoms with van der Waals surface area (Å²) in [5.74, 6) is 1.48. The number of benzene rings is 4. The van der Waals surface area contributed by atoms with Gasteiger partial charge in [-0.3, -0.25) is 9.98 Å². The van der Waals surface area contributed by atoms with Crippen LogP contribution in [0.25, 0.3) is 0 Å². The van der Waals surface area contributed by atoms with Crippen LogP contribution < -0.4 is 19.7 Å². The Morgan fingerprint density at radius 3 is 1.27 bits per heavy atom. The van der Waals surface area contributed by atoms with Gasteiger partial charge >= 0.3 is 16.5 Å². The molecule has 4 aromatic carbocycles. The summed E-state index contributed by atoms with van der Waals surface area (Å²) in [7, 11) is 0. The van der Waals surface area contributed by atoms with Crippen LogP contribution >= 0.6 is 95.6 Å². The van der Waals surface area contributed by atoms with Crippen molar-refractivity contribution in [3.05, 3.63) is 85.5 Å². The number of halogens is 6. The van der Waals surface area contributed by atoms with Crippen molar-refractivity contribution >= 4 is 118 Å². The zero-order valence-corrected chi connectivity index (χ0v) is 42.8. The molecule has 0 N–H and O–H groups in total. The van der Waals surface area contributed by atoms with Gasteiger partial charge in [-0.25, -0.2) is 0 Å². The van der Waals surface area contributed by atoms with E-state index in [1.165, 1.54) is 22.3 Å². The van der Waals surface area contributed by atoms with E-state index in [1.54, 1.807) is 0 Å². The number of fused-ring (bicyclic) bond motifs is 2. The van der Waals surface area contributed by atoms with E-state index in [0.29, 0.717) is 53.1 Å². The third kappa shape index (κ3) is 10.9. The summed E-state index contributed by atoms with van der Waals surface area (Å²) in [6.45, 7) is 22.3. The molecule has 4 aromatic rings. The van der Waals surface area contributed by atoms with Gasteiger partial charge in [0.2, 0.25) is 0 Å². The van der Waals surface area contributed by atoms with Gasteiger partial charge in [-0.1, -0.05) is 104 Å². The van der Waals surface area contributed by atoms with E-state index in [2.05, 4.69) is 201 Å². The molecular formula is C42H44Br6N2NiO4. The summed E-state index contributed by atoms with van der Waals surface area (Å²) >= 11 is 19.8. The van der Waals surface area contributed by atoms with Crippen LogP contribution in [0, 0.1) is 0 Å². The van der Waals surface area contributed by atoms with Gasteiger partial charge in [0.1, 0.15) is 0 Å². The average Bonchev–Trinajstić information content (AvgIpc) is 3.13. The van der Waals surface area contributed by atoms with Gasteiger partial charge in [0, 0.05) is 0 Å². The summed E-state index contributed by atoms with van der Waals surface area (Å²) in [4.78, 5) is 10.4. The molecule has 1 aliphatic heterocycles. The first-order valence-electron chi connectivity index (χ1n) is 17.8. The summed E-state index contributed by atoms with van der Waals surface area (Å²) in [6.07, 6.45) is 1.98. The van der Waals surface area contributed by atoms with Crippen LogP contribution in [0.15, 0.2) is 73.2 Å². The van der Waals surface area contributed by atoms with Crippen molar-refractivity contribution in [3.8, 4) is 34.5 Å². The van der Waals surface area contributed by atoms with Crippen LogP contribution in [0.5, 0.6) is 34.5 Å². The summed E-state index contributed by atoms with van der Waals surface area (Å²) in [5.41, 5.74) is 9.60. The van der Waals surface area contributed by atoms with Crippen molar-refractivity contribution in [1.29, 1.82) is 0 Å². The molecule has 5 rings (SSSR count). The van der Waals surface area contributed by atoms with Crippen molar-refractivity contribution < 1.29 is 36.2 Å². The summed E-state index contributed by atoms with van der Waals surface area (Å²) in [6, 6.07) is 13.6. The number of ether oxygens (including phenoxy) is 2. The fourth-order valence-electron chi connectivity index (χ4n) is 5.72. The smallest absolute Gasteiger partial charge is 0.872 e. The van der Waals surface area contributed by atoms with E-state index in [4.69, 9.17) is 19.5 Å². The van der Waals surface area contributed by atoms with Crippen molar-refractivity contribution in [2.45, 2.75) is 106 Å². The maximum absolute atomic E-state index is 11.9. The van der Waals surface area contributed by atoms with Crippen molar-refractivity contribution in [2.75, 3.05) is 0 Å². The Kier molecular flexibility index (Phi) is 18.1. The molecule has 6 nitrogen and oxygen atoms in total. The van der Waals surface area contributed by atoms with E-state index in [1.807, 2.05) is 0 Å². The summed E-state index contributed by atoms with van der Waals surface area (Å²) in [5, 5.41) is 23.8. The number of hydrogen-bond acceptors (Lipinski definition) is 6. The third-order valence-electron chi connectivity index (χ3n) is 8.94. The zero-order chi connectivity index (χ0) is 40.3. The van der Waals surface area contributed by atoms with Crippen LogP contribution in [0.1, 0.15) is 128 Å². The largest absolute Gasteiger partial charge is 2.00 e. The Balaban J connectivity index is 0.000000308. The first-order valence-corrected chi connectivity index (χ1v) is 22.6. The normalized spacial score (nSPS) is 12.6. The predicted octanol–water partition coefficient (Wildman–Crippen LogP) is 16.1. The first kappa shape index (κ1) is 48.2. The maximum Gasteiger partial charge on any atom is 2.00 e. The van der Waals surface area contributed by atoms with E-state index < -0.39 is 11.5 Å². The monoisotopic (exact) mass is 1170 g/mol. The number of nitrogens with zero attached hydrogens (tertiary/aromatic N) is 2. The molecule has 0 fully saturated rings. The van der Waals surface area contributed by atoms with Crippen LogP contribution in [0.3, 0.4) is 0 Å². The molecule has 1 heterocycles. The quantitative estimate of drug-likeness (QED) is 0.0636. The van der Waals surface area contributed by atoms with E-state index in [9.17, 15) is 10.2 Å². The molecule has 0 saturated heterocycles. The van der Waals surface area contributed by atoms with E-state index >= 15 is 0 Å². The molecule has 0 radical (unpaired) electrons. The fraction of sp³-hybridized carbons (Fsp3) is 0.381. The average molecular weight is 1180 g/mol. The van der Waals surface area contributed by atoms with Gasteiger partial charge in [0.25, 0.3) is 0 Å². The van der Waals surface area contributed by atoms with E-state index in [-0.39, 0.29) is 36.9 Å². The standard InChI is InChI=1S/C30H44N2.C12H2Br6O4.Ni/c1-11-12-28(32-30-18-25(20(4)5)14-16-27(30)22(8)9)23(10)31-29-17-24(19(2)3)13-15-26(29)21(6)7;13-1-2(14)4(16)10-9(3(1)15)21-11-5(17)7(19)8(20)6(18)12(11)22-10;/h13-22H,11-12H2,1-10H3;19-20H;/q;;+2/p-2. The third-order valence-corrected chi connectivity index (χ3v) is 15.1. The molecule has 1 aliphatic rings. The Morgan fingerprint density at radius 1 is 0.564 bits per heavy atom. The van der Waals surface area contributed by atoms with Gasteiger partial charge in [-0.15, -0.1) is 0 Å². The zero-order valence-electron chi connectivity index (χ0n) is 32.3. The van der Waals surface area contributed by atoms with Crippen LogP contribution in [0.2, 0.25) is 0 Å². The molecule has 0 unspecified atom stereocenters. The molecule has 0 bridgehead atoms. The minimum Gasteiger partial charge on any atom is -0.872 e. The summed E-state index contributed by atoms with van der Waals surface area (Å²) < 4.78 is 14.3. The minimum atomic E-state index is -0.705. The SMILES string of the molecule is CCCC(=Nc1cc(C(C)C)ccc1C(C)C)C(C)=Nc1cc(C(C)C)ccc1C(C)C.[Ni+2].[O-]c1c([O-])c(Br)c2c(c1Br)Oc1c(Br)c(Br)c(Br)c(Br)c1O2. The van der Waals surface area contributed by atoms with Gasteiger partial charge in [0.05, 0.1) is 49.6 Å². The van der Waals surface area contributed by atoms with Crippen LogP contribution in [-0.4, -0.2) is 11.4 Å². The van der Waals surface area contributed by atoms with Crippen molar-refractivity contribution in [3.63, 3.8) is 0 Å². The fourth-order valence-corrected chi connectivity index (χ4v) is 8.81. The molecule has 0 amide bonds. The second-order valence-corrected chi connectivity index (χ2v) is 19.1. The number of rotatable bonds is 9. The van der Waals surface area contributed by atoms with Gasteiger partial charge in [-0.05, 0) is 167 Å². The van der Waals surface area contributed by atoms with Crippen molar-refractivity contribution in [1.82, 2.24) is 0 Å². The Morgan fingerprint density at radius 2 is 0.927 bits per heavy atom. The first-order chi connectivity index (χ1) is 25.3. The second-order valence-electron chi connectivity index (χ2n) is 14.3. The molecule has 0 atom stereocenters. The van der Waals surface area contributed by atoms with Gasteiger partial charge in [-0.2, -0.15) is 0 Å². The molecule has 55 heavy (non-hydrogen) atoms. The Hall–Kier alpha value is -1.21. The molecular weight excluding hydrogens is 1130 g/mol. The number of hydrogen-bond donors (Lipinski definition) is 0. The Bertz CT molecular complexity index is 1980. The Labute approximate surface area is 386 Å². The second kappa shape index (κ2) is 20.7. The van der Waals surface area contributed by atoms with Gasteiger partial charge in [0.15, 0.2) is 23.0 Å². The number of aliphatic imine (C=N–C) groups is 2. The van der Waals surface area contributed by atoms with E-state index in [0.717, 1.165) is 35.6 Å². The molecule has 298 valence electrons. The maximum atomic E-state index is 11.9. The molecule has 13 heteroatoms.